The molecule has 2 saturated heterocycles. The Bertz CT molecular complexity index is 597. The van der Waals surface area contributed by atoms with Crippen LogP contribution < -0.4 is 4.90 Å². The van der Waals surface area contributed by atoms with Crippen LogP contribution in [0.1, 0.15) is 25.7 Å². The monoisotopic (exact) mass is 286 g/mol. The number of aromatic amines is 1. The van der Waals surface area contributed by atoms with Crippen LogP contribution in [-0.2, 0) is 4.74 Å². The van der Waals surface area contributed by atoms with Crippen molar-refractivity contribution in [1.82, 2.24) is 15.0 Å². The number of nitrogens with zero attached hydrogens (tertiary/aromatic N) is 3. The highest BCUT2D eigenvalue weighted by atomic mass is 16.5. The third-order valence-corrected chi connectivity index (χ3v) is 5.10. The van der Waals surface area contributed by atoms with Crippen molar-refractivity contribution in [3.05, 3.63) is 18.6 Å². The Hall–Kier alpha value is -1.62. The number of rotatable bonds is 2. The maximum Gasteiger partial charge on any atom is 0.142 e. The summed E-state index contributed by atoms with van der Waals surface area (Å²) in [4.78, 5) is 14.4. The van der Waals surface area contributed by atoms with Crippen molar-refractivity contribution >= 4 is 16.9 Å². The van der Waals surface area contributed by atoms with Gasteiger partial charge in [-0.2, -0.15) is 0 Å². The molecule has 5 nitrogen and oxygen atoms in total. The van der Waals surface area contributed by atoms with Gasteiger partial charge in [-0.1, -0.05) is 0 Å². The molecule has 4 heterocycles. The highest BCUT2D eigenvalue weighted by Gasteiger charge is 2.28. The van der Waals surface area contributed by atoms with Crippen LogP contribution in [0.3, 0.4) is 0 Å². The fourth-order valence-corrected chi connectivity index (χ4v) is 3.88. The third-order valence-electron chi connectivity index (χ3n) is 5.10. The van der Waals surface area contributed by atoms with Crippen LogP contribution in [-0.4, -0.2) is 41.3 Å². The van der Waals surface area contributed by atoms with E-state index >= 15 is 0 Å². The normalized spacial score (nSPS) is 22.0. The molecule has 0 radical (unpaired) electrons. The van der Waals surface area contributed by atoms with Crippen molar-refractivity contribution in [2.75, 3.05) is 31.2 Å². The second-order valence-corrected chi connectivity index (χ2v) is 6.21. The molecule has 1 N–H and O–H groups in total. The van der Waals surface area contributed by atoms with Gasteiger partial charge in [-0.05, 0) is 43.6 Å². The molecule has 0 aliphatic carbocycles. The predicted molar refractivity (Wildman–Crippen MR) is 82.4 cm³/mol. The lowest BCUT2D eigenvalue weighted by molar-refractivity contribution is 0.0418. The molecule has 0 saturated carbocycles. The minimum Gasteiger partial charge on any atom is -0.381 e. The molecule has 0 unspecified atom stereocenters. The minimum atomic E-state index is 0.869. The molecule has 0 amide bonds. The number of piperidine rings is 1. The molecule has 2 aliphatic heterocycles. The van der Waals surface area contributed by atoms with Crippen molar-refractivity contribution in [2.24, 2.45) is 11.8 Å². The number of hydrogen-bond donors (Lipinski definition) is 1. The van der Waals surface area contributed by atoms with E-state index in [1.807, 2.05) is 6.20 Å². The van der Waals surface area contributed by atoms with Gasteiger partial charge in [0, 0.05) is 32.5 Å². The standard InChI is InChI=1S/C16H22N4O/c1-6-17-15-14(1)16(19-11-18-15)20-7-2-12(3-8-20)13-4-9-21-10-5-13/h1,6,11-13H,2-5,7-10H2,(H,17,18,19). The molecule has 4 rings (SSSR count). The summed E-state index contributed by atoms with van der Waals surface area (Å²) in [6.45, 7) is 4.14. The lowest BCUT2D eigenvalue weighted by Crippen LogP contribution is -2.38. The fraction of sp³-hybridized carbons (Fsp3) is 0.625. The van der Waals surface area contributed by atoms with Crippen LogP contribution in [0.5, 0.6) is 0 Å². The molecule has 5 heteroatoms. The van der Waals surface area contributed by atoms with E-state index in [9.17, 15) is 0 Å². The molecular formula is C16H22N4O. The highest BCUT2D eigenvalue weighted by molar-refractivity contribution is 5.87. The number of fused-ring (bicyclic) bond motifs is 1. The van der Waals surface area contributed by atoms with E-state index in [0.717, 1.165) is 55.0 Å². The number of hydrogen-bond acceptors (Lipinski definition) is 4. The first-order valence-corrected chi connectivity index (χ1v) is 8.02. The molecule has 0 spiro atoms. The second kappa shape index (κ2) is 5.64. The summed E-state index contributed by atoms with van der Waals surface area (Å²) in [6, 6.07) is 2.08. The Morgan fingerprint density at radius 2 is 1.81 bits per heavy atom. The van der Waals surface area contributed by atoms with Gasteiger partial charge in [-0.15, -0.1) is 0 Å². The predicted octanol–water partition coefficient (Wildman–Crippen LogP) is 2.60. The summed E-state index contributed by atoms with van der Waals surface area (Å²) < 4.78 is 5.49. The van der Waals surface area contributed by atoms with Crippen LogP contribution in [0.15, 0.2) is 18.6 Å². The van der Waals surface area contributed by atoms with E-state index in [-0.39, 0.29) is 0 Å². The average molecular weight is 286 g/mol. The first-order valence-electron chi connectivity index (χ1n) is 8.02. The first-order chi connectivity index (χ1) is 10.4. The van der Waals surface area contributed by atoms with Gasteiger partial charge in [0.25, 0.3) is 0 Å². The van der Waals surface area contributed by atoms with Gasteiger partial charge in [0.05, 0.1) is 5.39 Å². The molecule has 0 bridgehead atoms. The zero-order chi connectivity index (χ0) is 14.1. The molecule has 21 heavy (non-hydrogen) atoms. The van der Waals surface area contributed by atoms with Crippen LogP contribution >= 0.6 is 0 Å². The average Bonchev–Trinajstić information content (AvgIpc) is 3.04. The summed E-state index contributed by atoms with van der Waals surface area (Å²) in [5, 5.41) is 1.14. The van der Waals surface area contributed by atoms with Crippen LogP contribution in [0.25, 0.3) is 11.0 Å². The van der Waals surface area contributed by atoms with E-state index in [2.05, 4.69) is 25.9 Å². The number of nitrogens with one attached hydrogen (secondary N) is 1. The first kappa shape index (κ1) is 13.1. The number of aromatic nitrogens is 3. The molecular weight excluding hydrogens is 264 g/mol. The van der Waals surface area contributed by atoms with Crippen LogP contribution in [0.4, 0.5) is 5.82 Å². The molecule has 0 atom stereocenters. The quantitative estimate of drug-likeness (QED) is 0.922. The van der Waals surface area contributed by atoms with Gasteiger partial charge in [-0.3, -0.25) is 0 Å². The zero-order valence-corrected chi connectivity index (χ0v) is 12.3. The van der Waals surface area contributed by atoms with Gasteiger partial charge in [0.1, 0.15) is 17.8 Å². The summed E-state index contributed by atoms with van der Waals surface area (Å²) in [5.41, 5.74) is 0.937. The number of H-pyrrole nitrogens is 1. The summed E-state index contributed by atoms with van der Waals surface area (Å²) in [5.74, 6) is 2.83. The van der Waals surface area contributed by atoms with E-state index < -0.39 is 0 Å². The number of anilines is 1. The topological polar surface area (TPSA) is 54.0 Å². The minimum absolute atomic E-state index is 0.869. The zero-order valence-electron chi connectivity index (χ0n) is 12.3. The molecule has 2 aromatic heterocycles. The van der Waals surface area contributed by atoms with Gasteiger partial charge in [0.2, 0.25) is 0 Å². The van der Waals surface area contributed by atoms with E-state index in [1.54, 1.807) is 6.33 Å². The summed E-state index contributed by atoms with van der Waals surface area (Å²) in [7, 11) is 0. The second-order valence-electron chi connectivity index (χ2n) is 6.21. The van der Waals surface area contributed by atoms with Crippen LogP contribution in [0.2, 0.25) is 0 Å². The fourth-order valence-electron chi connectivity index (χ4n) is 3.88. The van der Waals surface area contributed by atoms with Crippen molar-refractivity contribution in [3.63, 3.8) is 0 Å². The van der Waals surface area contributed by atoms with Gasteiger partial charge in [0.15, 0.2) is 0 Å². The lowest BCUT2D eigenvalue weighted by atomic mass is 9.80. The van der Waals surface area contributed by atoms with Gasteiger partial charge >= 0.3 is 0 Å². The summed E-state index contributed by atoms with van der Waals surface area (Å²) >= 11 is 0. The van der Waals surface area contributed by atoms with Gasteiger partial charge in [-0.25, -0.2) is 9.97 Å². The Balaban J connectivity index is 1.46. The molecule has 2 aliphatic rings. The maximum absolute atomic E-state index is 5.49. The number of ether oxygens (including phenoxy) is 1. The maximum atomic E-state index is 5.49. The van der Waals surface area contributed by atoms with Crippen molar-refractivity contribution < 1.29 is 4.74 Å². The largest absolute Gasteiger partial charge is 0.381 e. The molecule has 2 aromatic rings. The Labute approximate surface area is 124 Å². The lowest BCUT2D eigenvalue weighted by Gasteiger charge is -2.38. The SMILES string of the molecule is c1nc(N2CCC(C3CCOCC3)CC2)c2cc[nH]c2n1. The van der Waals surface area contributed by atoms with Crippen LogP contribution in [0, 0.1) is 11.8 Å². The third kappa shape index (κ3) is 2.50. The van der Waals surface area contributed by atoms with Gasteiger partial charge < -0.3 is 14.6 Å². The Kier molecular flexibility index (Phi) is 3.51. The molecule has 112 valence electrons. The van der Waals surface area contributed by atoms with Crippen molar-refractivity contribution in [1.29, 1.82) is 0 Å². The smallest absolute Gasteiger partial charge is 0.142 e. The van der Waals surface area contributed by atoms with E-state index in [4.69, 9.17) is 4.74 Å². The van der Waals surface area contributed by atoms with E-state index in [0.29, 0.717) is 0 Å². The Morgan fingerprint density at radius 3 is 2.62 bits per heavy atom. The highest BCUT2D eigenvalue weighted by Crippen LogP contribution is 2.34. The molecule has 0 aromatic carbocycles. The summed E-state index contributed by atoms with van der Waals surface area (Å²) in [6.07, 6.45) is 8.66. The van der Waals surface area contributed by atoms with Crippen molar-refractivity contribution in [3.8, 4) is 0 Å². The molecule has 2 fully saturated rings. The Morgan fingerprint density at radius 1 is 1.05 bits per heavy atom. The van der Waals surface area contributed by atoms with Crippen molar-refractivity contribution in [2.45, 2.75) is 25.7 Å². The van der Waals surface area contributed by atoms with E-state index in [1.165, 1.54) is 25.7 Å².